The van der Waals surface area contributed by atoms with Gasteiger partial charge in [0, 0.05) is 0 Å². The molecule has 0 unspecified atom stereocenters. The van der Waals surface area contributed by atoms with E-state index >= 15 is 0 Å². The van der Waals surface area contributed by atoms with E-state index in [2.05, 4.69) is 10.4 Å². The van der Waals surface area contributed by atoms with E-state index < -0.39 is 17.6 Å². The van der Waals surface area contributed by atoms with Crippen molar-refractivity contribution in [2.75, 3.05) is 12.4 Å². The monoisotopic (exact) mass is 457 g/mol. The summed E-state index contributed by atoms with van der Waals surface area (Å²) >= 11 is 1.91. The fraction of sp³-hybridized carbons (Fsp3) is 0.0625. The van der Waals surface area contributed by atoms with E-state index in [0.717, 1.165) is 6.07 Å². The summed E-state index contributed by atoms with van der Waals surface area (Å²) in [7, 11) is 1.40. The molecular formula is C16H13FIN3O4. The maximum atomic E-state index is 13.4. The van der Waals surface area contributed by atoms with Gasteiger partial charge in [-0.3, -0.25) is 9.59 Å². The van der Waals surface area contributed by atoms with Crippen LogP contribution < -0.4 is 15.5 Å². The van der Waals surface area contributed by atoms with Crippen molar-refractivity contribution >= 4 is 46.3 Å². The van der Waals surface area contributed by atoms with Crippen LogP contribution in [0, 0.1) is 9.39 Å². The number of hydrazone groups is 1. The van der Waals surface area contributed by atoms with Gasteiger partial charge in [-0.25, -0.2) is 9.82 Å². The number of ether oxygens (including phenoxy) is 1. The molecule has 0 fully saturated rings. The lowest BCUT2D eigenvalue weighted by molar-refractivity contribution is -0.136. The number of nitrogens with zero attached hydrogens (tertiary/aromatic N) is 1. The van der Waals surface area contributed by atoms with Gasteiger partial charge in [-0.15, -0.1) is 0 Å². The van der Waals surface area contributed by atoms with Crippen molar-refractivity contribution in [2.24, 2.45) is 5.10 Å². The maximum Gasteiger partial charge on any atom is 0.329 e. The van der Waals surface area contributed by atoms with Gasteiger partial charge in [0.1, 0.15) is 5.82 Å². The summed E-state index contributed by atoms with van der Waals surface area (Å²) in [4.78, 5) is 23.4. The number of benzene rings is 2. The molecule has 0 saturated heterocycles. The minimum atomic E-state index is -1.06. The number of carbonyl (C=O) groups excluding carboxylic acids is 2. The van der Waals surface area contributed by atoms with Gasteiger partial charge in [0.2, 0.25) is 0 Å². The van der Waals surface area contributed by atoms with Crippen molar-refractivity contribution in [1.29, 1.82) is 0 Å². The summed E-state index contributed by atoms with van der Waals surface area (Å²) in [6.45, 7) is 0. The van der Waals surface area contributed by atoms with E-state index in [9.17, 15) is 19.1 Å². The average Bonchev–Trinajstić information content (AvgIpc) is 2.59. The van der Waals surface area contributed by atoms with Gasteiger partial charge in [-0.1, -0.05) is 12.1 Å². The second-order valence-electron chi connectivity index (χ2n) is 4.69. The zero-order valence-corrected chi connectivity index (χ0v) is 15.1. The van der Waals surface area contributed by atoms with E-state index in [1.807, 2.05) is 28.0 Å². The Kier molecular flexibility index (Phi) is 6.28. The van der Waals surface area contributed by atoms with Crippen LogP contribution in [-0.2, 0) is 9.59 Å². The third-order valence-corrected chi connectivity index (χ3v) is 3.80. The number of amides is 2. The number of phenolic OH excluding ortho intramolecular Hbond substituents is 1. The Morgan fingerprint density at radius 1 is 1.28 bits per heavy atom. The number of hydrogen-bond donors (Lipinski definition) is 3. The molecule has 0 aliphatic rings. The first-order valence-electron chi connectivity index (χ1n) is 6.87. The number of hydrogen-bond acceptors (Lipinski definition) is 5. The Balaban J connectivity index is 1.99. The normalized spacial score (nSPS) is 10.5. The highest BCUT2D eigenvalue weighted by Crippen LogP contribution is 2.31. The molecule has 0 aliphatic heterocycles. The molecule has 0 aliphatic carbocycles. The van der Waals surface area contributed by atoms with Crippen LogP contribution in [0.3, 0.4) is 0 Å². The Morgan fingerprint density at radius 3 is 2.68 bits per heavy atom. The molecule has 0 saturated carbocycles. The summed E-state index contributed by atoms with van der Waals surface area (Å²) in [6, 6.07) is 8.58. The van der Waals surface area contributed by atoms with Crippen LogP contribution in [0.1, 0.15) is 5.56 Å². The van der Waals surface area contributed by atoms with E-state index in [0.29, 0.717) is 9.13 Å². The summed E-state index contributed by atoms with van der Waals surface area (Å²) in [5, 5.41) is 15.5. The van der Waals surface area contributed by atoms with Crippen molar-refractivity contribution in [3.63, 3.8) is 0 Å². The largest absolute Gasteiger partial charge is 0.504 e. The lowest BCUT2D eigenvalue weighted by Gasteiger charge is -2.06. The second kappa shape index (κ2) is 8.42. The van der Waals surface area contributed by atoms with Crippen LogP contribution >= 0.6 is 22.6 Å². The minimum Gasteiger partial charge on any atom is -0.504 e. The van der Waals surface area contributed by atoms with Crippen molar-refractivity contribution in [1.82, 2.24) is 5.43 Å². The number of halogens is 2. The van der Waals surface area contributed by atoms with Gasteiger partial charge < -0.3 is 15.2 Å². The van der Waals surface area contributed by atoms with Gasteiger partial charge in [0.15, 0.2) is 11.5 Å². The lowest BCUT2D eigenvalue weighted by atomic mass is 10.2. The highest BCUT2D eigenvalue weighted by molar-refractivity contribution is 14.1. The highest BCUT2D eigenvalue weighted by atomic mass is 127. The molecule has 2 amide bonds. The fourth-order valence-corrected chi connectivity index (χ4v) is 2.41. The zero-order valence-electron chi connectivity index (χ0n) is 12.9. The molecule has 25 heavy (non-hydrogen) atoms. The fourth-order valence-electron chi connectivity index (χ4n) is 1.78. The minimum absolute atomic E-state index is 0.00597. The first kappa shape index (κ1) is 18.6. The van der Waals surface area contributed by atoms with Gasteiger partial charge in [-0.05, 0) is 52.4 Å². The predicted octanol–water partition coefficient (Wildman–Crippen LogP) is 2.23. The number of aromatic hydroxyl groups is 1. The number of carbonyl (C=O) groups is 2. The predicted molar refractivity (Wildman–Crippen MR) is 98.1 cm³/mol. The summed E-state index contributed by atoms with van der Waals surface area (Å²) in [5.41, 5.74) is 2.46. The molecule has 0 atom stereocenters. The highest BCUT2D eigenvalue weighted by Gasteiger charge is 2.14. The summed E-state index contributed by atoms with van der Waals surface area (Å²) in [5.74, 6) is -2.52. The molecule has 3 N–H and O–H groups in total. The first-order valence-corrected chi connectivity index (χ1v) is 7.95. The van der Waals surface area contributed by atoms with Crippen LogP contribution in [-0.4, -0.2) is 30.2 Å². The van der Waals surface area contributed by atoms with Crippen molar-refractivity contribution in [3.05, 3.63) is 51.3 Å². The van der Waals surface area contributed by atoms with Crippen molar-refractivity contribution in [3.8, 4) is 11.5 Å². The number of phenols is 1. The molecule has 7 nitrogen and oxygen atoms in total. The van der Waals surface area contributed by atoms with Gasteiger partial charge >= 0.3 is 11.8 Å². The van der Waals surface area contributed by atoms with E-state index in [1.54, 1.807) is 6.07 Å². The molecule has 9 heteroatoms. The van der Waals surface area contributed by atoms with Gasteiger partial charge in [0.05, 0.1) is 22.6 Å². The summed E-state index contributed by atoms with van der Waals surface area (Å²) < 4.78 is 19.0. The Bertz CT molecular complexity index is 842. The topological polar surface area (TPSA) is 100 Å². The van der Waals surface area contributed by atoms with E-state index in [-0.39, 0.29) is 17.2 Å². The van der Waals surface area contributed by atoms with E-state index in [4.69, 9.17) is 4.74 Å². The molecule has 0 radical (unpaired) electrons. The maximum absolute atomic E-state index is 13.4. The number of para-hydroxylation sites is 1. The third kappa shape index (κ3) is 4.89. The Morgan fingerprint density at radius 2 is 2.00 bits per heavy atom. The molecule has 0 bridgehead atoms. The van der Waals surface area contributed by atoms with Crippen molar-refractivity contribution in [2.45, 2.75) is 0 Å². The quantitative estimate of drug-likeness (QED) is 0.284. The Labute approximate surface area is 156 Å². The lowest BCUT2D eigenvalue weighted by Crippen LogP contribution is -2.32. The van der Waals surface area contributed by atoms with Crippen LogP contribution in [0.2, 0.25) is 0 Å². The third-order valence-electron chi connectivity index (χ3n) is 2.98. The number of anilines is 1. The molecular weight excluding hydrogens is 444 g/mol. The standard InChI is InChI=1S/C16H13FIN3O4/c1-25-13-7-9(6-11(18)14(13)22)8-19-21-16(24)15(23)20-12-5-3-2-4-10(12)17/h2-8,22H,1H3,(H,20,23)(H,21,24)/b19-8-. The molecule has 2 aromatic carbocycles. The molecule has 130 valence electrons. The van der Waals surface area contributed by atoms with Gasteiger partial charge in [-0.2, -0.15) is 5.10 Å². The van der Waals surface area contributed by atoms with Crippen LogP contribution in [0.15, 0.2) is 41.5 Å². The number of rotatable bonds is 4. The second-order valence-corrected chi connectivity index (χ2v) is 5.85. The molecule has 0 heterocycles. The average molecular weight is 457 g/mol. The smallest absolute Gasteiger partial charge is 0.329 e. The van der Waals surface area contributed by atoms with Crippen molar-refractivity contribution < 1.29 is 23.8 Å². The molecule has 2 aromatic rings. The SMILES string of the molecule is COc1cc(/C=N\NC(=O)C(=O)Nc2ccccc2F)cc(I)c1O. The van der Waals surface area contributed by atoms with E-state index in [1.165, 1.54) is 37.6 Å². The molecule has 0 aromatic heterocycles. The van der Waals surface area contributed by atoms with Crippen LogP contribution in [0.4, 0.5) is 10.1 Å². The number of methoxy groups -OCH3 is 1. The van der Waals surface area contributed by atoms with Crippen LogP contribution in [0.5, 0.6) is 11.5 Å². The van der Waals surface area contributed by atoms with Gasteiger partial charge in [0.25, 0.3) is 0 Å². The number of nitrogens with one attached hydrogen (secondary N) is 2. The Hall–Kier alpha value is -2.69. The molecule has 0 spiro atoms. The molecule has 2 rings (SSSR count). The summed E-state index contributed by atoms with van der Waals surface area (Å²) in [6.07, 6.45) is 1.28. The zero-order chi connectivity index (χ0) is 18.4. The van der Waals surface area contributed by atoms with Crippen LogP contribution in [0.25, 0.3) is 0 Å². The first-order chi connectivity index (χ1) is 11.9.